The summed E-state index contributed by atoms with van der Waals surface area (Å²) < 4.78 is 0. The highest BCUT2D eigenvalue weighted by molar-refractivity contribution is 7.99. The highest BCUT2D eigenvalue weighted by Crippen LogP contribution is 2.24. The van der Waals surface area contributed by atoms with Gasteiger partial charge < -0.3 is 37.0 Å². The van der Waals surface area contributed by atoms with Gasteiger partial charge in [0.15, 0.2) is 5.78 Å². The van der Waals surface area contributed by atoms with Crippen LogP contribution in [0, 0.1) is 0 Å². The number of carbonyl (C=O) groups is 4. The lowest BCUT2D eigenvalue weighted by molar-refractivity contribution is -0.175. The molecule has 0 aromatic rings. The van der Waals surface area contributed by atoms with E-state index in [4.69, 9.17) is 16.6 Å². The van der Waals surface area contributed by atoms with Crippen molar-refractivity contribution in [1.82, 2.24) is 4.90 Å². The molecule has 0 radical (unpaired) electrons. The molecule has 0 saturated heterocycles. The number of Topliss-reactive ketones (excluding diaryl/α,β-unsaturated/α-hetero) is 1. The van der Waals surface area contributed by atoms with E-state index in [1.54, 1.807) is 0 Å². The minimum absolute atomic E-state index is 0.00360. The molecule has 0 saturated carbocycles. The van der Waals surface area contributed by atoms with Gasteiger partial charge in [-0.25, -0.2) is 4.79 Å². The van der Waals surface area contributed by atoms with E-state index >= 15 is 0 Å². The van der Waals surface area contributed by atoms with Crippen molar-refractivity contribution in [2.45, 2.75) is 121 Å². The van der Waals surface area contributed by atoms with Crippen LogP contribution in [0.25, 0.3) is 0 Å². The first-order valence-corrected chi connectivity index (χ1v) is 15.9. The number of hydrogen-bond donors (Lipinski definition) is 7. The fourth-order valence-corrected chi connectivity index (χ4v) is 5.34. The second kappa shape index (κ2) is 22.9. The SMILES string of the molecule is CCCCCCCCCCCCCCCC(=O)C(CO)(C(=O)O)N(C(=O)C(N)CO)C(=O)C(N)CSCC(O)CO. The van der Waals surface area contributed by atoms with E-state index in [-0.39, 0.29) is 22.8 Å². The molecule has 0 aromatic heterocycles. The standard InChI is InChI=1S/C28H53N3O9S/c1-2-3-4-5-6-7-8-9-10-11-12-13-14-15-24(36)28(20-34,27(39)40)31(25(37)22(29)17-33)26(38)23(30)19-41-18-21(35)16-32/h21-23,32-35H,2-20,29-30H2,1H3,(H,39,40). The largest absolute Gasteiger partial charge is 0.479 e. The zero-order valence-corrected chi connectivity index (χ0v) is 25.4. The lowest BCUT2D eigenvalue weighted by atomic mass is 9.87. The van der Waals surface area contributed by atoms with Gasteiger partial charge in [-0.2, -0.15) is 11.8 Å². The van der Waals surface area contributed by atoms with Crippen molar-refractivity contribution in [3.05, 3.63) is 0 Å². The average molecular weight is 608 g/mol. The molecule has 0 fully saturated rings. The van der Waals surface area contributed by atoms with Crippen LogP contribution < -0.4 is 11.5 Å². The van der Waals surface area contributed by atoms with Crippen molar-refractivity contribution in [2.24, 2.45) is 11.5 Å². The fourth-order valence-electron chi connectivity index (χ4n) is 4.43. The number of nitrogens with two attached hydrogens (primary N) is 2. The highest BCUT2D eigenvalue weighted by Gasteiger charge is 2.56. The van der Waals surface area contributed by atoms with E-state index in [9.17, 15) is 39.6 Å². The second-order valence-corrected chi connectivity index (χ2v) is 11.6. The van der Waals surface area contributed by atoms with Gasteiger partial charge >= 0.3 is 5.97 Å². The molecule has 0 spiro atoms. The molecule has 2 amide bonds. The Morgan fingerprint density at radius 1 is 0.732 bits per heavy atom. The summed E-state index contributed by atoms with van der Waals surface area (Å²) in [6.45, 7) is -0.653. The van der Waals surface area contributed by atoms with Crippen LogP contribution in [0.1, 0.15) is 96.8 Å². The summed E-state index contributed by atoms with van der Waals surface area (Å²) in [5, 5.41) is 48.0. The first kappa shape index (κ1) is 39.4. The Labute approximate surface area is 248 Å². The lowest BCUT2D eigenvalue weighted by Crippen LogP contribution is -2.70. The number of imide groups is 1. The van der Waals surface area contributed by atoms with E-state index in [0.29, 0.717) is 12.8 Å². The van der Waals surface area contributed by atoms with Crippen LogP contribution in [0.2, 0.25) is 0 Å². The van der Waals surface area contributed by atoms with E-state index in [1.165, 1.54) is 44.9 Å². The molecule has 240 valence electrons. The summed E-state index contributed by atoms with van der Waals surface area (Å²) >= 11 is 0.963. The predicted octanol–water partition coefficient (Wildman–Crippen LogP) is 0.941. The van der Waals surface area contributed by atoms with Gasteiger partial charge in [0.25, 0.3) is 0 Å². The van der Waals surface area contributed by atoms with Crippen molar-refractivity contribution in [3.8, 4) is 0 Å². The highest BCUT2D eigenvalue weighted by atomic mass is 32.2. The number of hydrogen-bond acceptors (Lipinski definition) is 11. The molecule has 12 nitrogen and oxygen atoms in total. The number of rotatable bonds is 26. The van der Waals surface area contributed by atoms with E-state index in [1.807, 2.05) is 0 Å². The van der Waals surface area contributed by atoms with Crippen molar-refractivity contribution < 1.29 is 44.7 Å². The van der Waals surface area contributed by atoms with E-state index < -0.39 is 67.1 Å². The molecule has 0 bridgehead atoms. The zero-order valence-electron chi connectivity index (χ0n) is 24.5. The number of aliphatic hydroxyl groups is 4. The van der Waals surface area contributed by atoms with Crippen LogP contribution in [0.5, 0.6) is 0 Å². The minimum Gasteiger partial charge on any atom is -0.479 e. The number of carbonyl (C=O) groups excluding carboxylic acids is 3. The molecular formula is C28H53N3O9S. The lowest BCUT2D eigenvalue weighted by Gasteiger charge is -2.38. The molecule has 0 heterocycles. The Bertz CT molecular complexity index is 774. The number of carboxylic acid groups (broad SMARTS) is 1. The normalized spacial score (nSPS) is 15.1. The molecular weight excluding hydrogens is 554 g/mol. The summed E-state index contributed by atoms with van der Waals surface area (Å²) in [6.07, 6.45) is 12.4. The third kappa shape index (κ3) is 13.9. The summed E-state index contributed by atoms with van der Waals surface area (Å²) in [7, 11) is 0. The Balaban J connectivity index is 5.20. The molecule has 0 aliphatic carbocycles. The number of amides is 2. The Morgan fingerprint density at radius 3 is 1.61 bits per heavy atom. The monoisotopic (exact) mass is 607 g/mol. The average Bonchev–Trinajstić information content (AvgIpc) is 2.96. The molecule has 13 heteroatoms. The van der Waals surface area contributed by atoms with Crippen LogP contribution in [-0.4, -0.2) is 109 Å². The summed E-state index contributed by atoms with van der Waals surface area (Å²) in [4.78, 5) is 52.0. The molecule has 0 aliphatic rings. The number of carboxylic acids is 1. The number of nitrogens with zero attached hydrogens (tertiary/aromatic N) is 1. The van der Waals surface area contributed by atoms with Crippen LogP contribution in [0.4, 0.5) is 0 Å². The van der Waals surface area contributed by atoms with Gasteiger partial charge in [-0.15, -0.1) is 0 Å². The third-order valence-electron chi connectivity index (χ3n) is 7.02. The molecule has 41 heavy (non-hydrogen) atoms. The van der Waals surface area contributed by atoms with Gasteiger partial charge in [-0.1, -0.05) is 84.0 Å². The van der Waals surface area contributed by atoms with Gasteiger partial charge in [0.05, 0.1) is 32.0 Å². The Kier molecular flexibility index (Phi) is 22.0. The first-order chi connectivity index (χ1) is 19.5. The minimum atomic E-state index is -2.95. The maximum Gasteiger partial charge on any atom is 0.340 e. The van der Waals surface area contributed by atoms with Crippen LogP contribution in [-0.2, 0) is 19.2 Å². The van der Waals surface area contributed by atoms with Gasteiger partial charge in [0, 0.05) is 17.9 Å². The predicted molar refractivity (Wildman–Crippen MR) is 158 cm³/mol. The molecule has 0 aliphatic heterocycles. The maximum absolute atomic E-state index is 13.3. The summed E-state index contributed by atoms with van der Waals surface area (Å²) in [5.74, 6) is -5.77. The van der Waals surface area contributed by atoms with Gasteiger partial charge in [0.2, 0.25) is 17.4 Å². The Hall–Kier alpha value is -1.61. The van der Waals surface area contributed by atoms with Crippen LogP contribution >= 0.6 is 11.8 Å². The van der Waals surface area contributed by atoms with Crippen molar-refractivity contribution in [1.29, 1.82) is 0 Å². The van der Waals surface area contributed by atoms with Crippen molar-refractivity contribution in [2.75, 3.05) is 31.3 Å². The molecule has 9 N–H and O–H groups in total. The number of thioether (sulfide) groups is 1. The van der Waals surface area contributed by atoms with Gasteiger partial charge in [-0.3, -0.25) is 19.3 Å². The molecule has 0 aromatic carbocycles. The van der Waals surface area contributed by atoms with Crippen molar-refractivity contribution >= 4 is 35.3 Å². The summed E-state index contributed by atoms with van der Waals surface area (Å²) in [5.41, 5.74) is 8.56. The summed E-state index contributed by atoms with van der Waals surface area (Å²) in [6, 6.07) is -3.24. The van der Waals surface area contributed by atoms with Gasteiger partial charge in [-0.05, 0) is 6.42 Å². The number of aliphatic hydroxyl groups excluding tert-OH is 4. The van der Waals surface area contributed by atoms with E-state index in [2.05, 4.69) is 6.92 Å². The van der Waals surface area contributed by atoms with Gasteiger partial charge in [0.1, 0.15) is 6.04 Å². The maximum atomic E-state index is 13.3. The topological polar surface area (TPSA) is 225 Å². The molecule has 0 rings (SSSR count). The number of ketones is 1. The van der Waals surface area contributed by atoms with Crippen molar-refractivity contribution in [3.63, 3.8) is 0 Å². The first-order valence-electron chi connectivity index (χ1n) is 14.8. The molecule has 4 atom stereocenters. The van der Waals surface area contributed by atoms with E-state index in [0.717, 1.165) is 37.4 Å². The quantitative estimate of drug-likeness (QED) is 0.0539. The smallest absolute Gasteiger partial charge is 0.340 e. The zero-order chi connectivity index (χ0) is 31.3. The molecule has 4 unspecified atom stereocenters. The van der Waals surface area contributed by atoms with Crippen LogP contribution in [0.15, 0.2) is 0 Å². The Morgan fingerprint density at radius 2 is 1.20 bits per heavy atom. The number of unbranched alkanes of at least 4 members (excludes halogenated alkanes) is 12. The second-order valence-electron chi connectivity index (χ2n) is 10.5. The third-order valence-corrected chi connectivity index (χ3v) is 8.24. The fraction of sp³-hybridized carbons (Fsp3) is 0.857. The van der Waals surface area contributed by atoms with Crippen LogP contribution in [0.3, 0.4) is 0 Å². The number of aliphatic carboxylic acids is 1.